The molecule has 0 bridgehead atoms. The Morgan fingerprint density at radius 3 is 2.73 bits per heavy atom. The van der Waals surface area contributed by atoms with Crippen LogP contribution in [0.3, 0.4) is 0 Å². The van der Waals surface area contributed by atoms with E-state index in [0.29, 0.717) is 16.5 Å². The van der Waals surface area contributed by atoms with Gasteiger partial charge in [-0.1, -0.05) is 0 Å². The summed E-state index contributed by atoms with van der Waals surface area (Å²) in [6, 6.07) is 1.62. The molecule has 1 aromatic rings. The van der Waals surface area contributed by atoms with E-state index in [1.54, 1.807) is 13.2 Å². The number of H-pyrrole nitrogens is 1. The molecule has 1 heterocycles. The van der Waals surface area contributed by atoms with E-state index < -0.39 is 0 Å². The number of hydrogen-bond acceptors (Lipinski definition) is 4. The summed E-state index contributed by atoms with van der Waals surface area (Å²) in [7, 11) is 3.07. The number of methoxy groups -OCH3 is 2. The zero-order valence-electron chi connectivity index (χ0n) is 6.25. The summed E-state index contributed by atoms with van der Waals surface area (Å²) in [5, 5.41) is 0. The summed E-state index contributed by atoms with van der Waals surface area (Å²) in [5.41, 5.74) is 0. The molecule has 11 heavy (non-hydrogen) atoms. The monoisotopic (exact) mass is 172 g/mol. The summed E-state index contributed by atoms with van der Waals surface area (Å²) in [6.45, 7) is 0. The molecule has 1 N–H and O–H groups in total. The van der Waals surface area contributed by atoms with E-state index >= 15 is 0 Å². The van der Waals surface area contributed by atoms with Gasteiger partial charge in [-0.2, -0.15) is 4.98 Å². The Kier molecular flexibility index (Phi) is 2.43. The van der Waals surface area contributed by atoms with Crippen molar-refractivity contribution in [3.63, 3.8) is 0 Å². The number of aromatic nitrogens is 2. The summed E-state index contributed by atoms with van der Waals surface area (Å²) >= 11 is 4.79. The third-order valence-electron chi connectivity index (χ3n) is 1.13. The maximum atomic E-state index is 4.90. The Bertz CT molecular complexity index is 272. The molecule has 1 rings (SSSR count). The van der Waals surface area contributed by atoms with E-state index in [1.807, 2.05) is 0 Å². The third kappa shape index (κ3) is 1.91. The first-order valence-electron chi connectivity index (χ1n) is 2.95. The lowest BCUT2D eigenvalue weighted by Crippen LogP contribution is -1.93. The van der Waals surface area contributed by atoms with Crippen LogP contribution in [0.25, 0.3) is 0 Å². The zero-order chi connectivity index (χ0) is 8.27. The molecule has 0 unspecified atom stereocenters. The van der Waals surface area contributed by atoms with Gasteiger partial charge in [0.15, 0.2) is 5.88 Å². The van der Waals surface area contributed by atoms with Crippen molar-refractivity contribution in [3.8, 4) is 11.8 Å². The molecular weight excluding hydrogens is 164 g/mol. The SMILES string of the molecule is COc1cc(OC)[nH]c(=S)n1. The highest BCUT2D eigenvalue weighted by molar-refractivity contribution is 7.71. The van der Waals surface area contributed by atoms with Crippen molar-refractivity contribution in [2.45, 2.75) is 0 Å². The average molecular weight is 172 g/mol. The van der Waals surface area contributed by atoms with Crippen LogP contribution in [-0.4, -0.2) is 24.2 Å². The van der Waals surface area contributed by atoms with Gasteiger partial charge in [0.2, 0.25) is 10.7 Å². The second kappa shape index (κ2) is 3.34. The van der Waals surface area contributed by atoms with Crippen LogP contribution in [0.1, 0.15) is 0 Å². The Hall–Kier alpha value is -1.10. The number of hydrogen-bond donors (Lipinski definition) is 1. The molecule has 0 atom stereocenters. The molecular formula is C6H8N2O2S. The first-order valence-corrected chi connectivity index (χ1v) is 3.36. The zero-order valence-corrected chi connectivity index (χ0v) is 7.07. The first kappa shape index (κ1) is 8.00. The minimum atomic E-state index is 0.348. The fourth-order valence-electron chi connectivity index (χ4n) is 0.628. The molecule has 0 aromatic carbocycles. The molecule has 0 fully saturated rings. The third-order valence-corrected chi connectivity index (χ3v) is 1.32. The van der Waals surface area contributed by atoms with E-state index in [4.69, 9.17) is 21.7 Å². The second-order valence-corrected chi connectivity index (χ2v) is 2.18. The summed E-state index contributed by atoms with van der Waals surface area (Å²) in [5.74, 6) is 0.993. The topological polar surface area (TPSA) is 47.1 Å². The Morgan fingerprint density at radius 1 is 1.45 bits per heavy atom. The minimum absolute atomic E-state index is 0.348. The van der Waals surface area contributed by atoms with E-state index in [1.165, 1.54) is 7.11 Å². The first-order chi connectivity index (χ1) is 5.26. The molecule has 0 radical (unpaired) electrons. The van der Waals surface area contributed by atoms with Crippen molar-refractivity contribution in [1.29, 1.82) is 0 Å². The molecule has 0 spiro atoms. The average Bonchev–Trinajstić information content (AvgIpc) is 2.03. The molecule has 5 heteroatoms. The maximum Gasteiger partial charge on any atom is 0.221 e. The van der Waals surface area contributed by atoms with E-state index in [9.17, 15) is 0 Å². The molecule has 0 saturated carbocycles. The second-order valence-electron chi connectivity index (χ2n) is 1.80. The quantitative estimate of drug-likeness (QED) is 0.680. The van der Waals surface area contributed by atoms with Gasteiger partial charge in [-0.05, 0) is 12.2 Å². The van der Waals surface area contributed by atoms with Crippen molar-refractivity contribution in [3.05, 3.63) is 10.8 Å². The molecule has 4 nitrogen and oxygen atoms in total. The smallest absolute Gasteiger partial charge is 0.221 e. The van der Waals surface area contributed by atoms with Crippen LogP contribution >= 0.6 is 12.2 Å². The lowest BCUT2D eigenvalue weighted by atomic mass is 10.6. The van der Waals surface area contributed by atoms with Gasteiger partial charge in [0.1, 0.15) is 0 Å². The fourth-order valence-corrected chi connectivity index (χ4v) is 0.819. The van der Waals surface area contributed by atoms with Crippen LogP contribution in [0, 0.1) is 4.77 Å². The summed E-state index contributed by atoms with van der Waals surface area (Å²) in [6.07, 6.45) is 0. The maximum absolute atomic E-state index is 4.90. The predicted octanol–water partition coefficient (Wildman–Crippen LogP) is 1.16. The van der Waals surface area contributed by atoms with E-state index in [0.717, 1.165) is 0 Å². The van der Waals surface area contributed by atoms with Gasteiger partial charge in [0.05, 0.1) is 20.3 Å². The lowest BCUT2D eigenvalue weighted by Gasteiger charge is -2.01. The number of rotatable bonds is 2. The van der Waals surface area contributed by atoms with Crippen LogP contribution in [0.5, 0.6) is 11.8 Å². The molecule has 0 aliphatic carbocycles. The van der Waals surface area contributed by atoms with Gasteiger partial charge in [0.25, 0.3) is 0 Å². The molecule has 1 aromatic heterocycles. The van der Waals surface area contributed by atoms with Gasteiger partial charge in [-0.15, -0.1) is 0 Å². The normalized spacial score (nSPS) is 9.27. The summed E-state index contributed by atoms with van der Waals surface area (Å²) < 4.78 is 10.1. The van der Waals surface area contributed by atoms with Crippen molar-refractivity contribution >= 4 is 12.2 Å². The van der Waals surface area contributed by atoms with E-state index in [-0.39, 0.29) is 0 Å². The van der Waals surface area contributed by atoms with Crippen LogP contribution in [0.2, 0.25) is 0 Å². The highest BCUT2D eigenvalue weighted by atomic mass is 32.1. The largest absolute Gasteiger partial charge is 0.482 e. The summed E-state index contributed by atoms with van der Waals surface area (Å²) in [4.78, 5) is 6.59. The molecule has 0 saturated heterocycles. The number of ether oxygens (including phenoxy) is 2. The van der Waals surface area contributed by atoms with Gasteiger partial charge < -0.3 is 14.5 Å². The van der Waals surface area contributed by atoms with Gasteiger partial charge in [-0.25, -0.2) is 0 Å². The van der Waals surface area contributed by atoms with Gasteiger partial charge in [0, 0.05) is 0 Å². The van der Waals surface area contributed by atoms with Crippen LogP contribution in [0.4, 0.5) is 0 Å². The molecule has 60 valence electrons. The van der Waals surface area contributed by atoms with E-state index in [2.05, 4.69) is 9.97 Å². The lowest BCUT2D eigenvalue weighted by molar-refractivity contribution is 0.370. The van der Waals surface area contributed by atoms with Gasteiger partial charge in [-0.3, -0.25) is 0 Å². The van der Waals surface area contributed by atoms with Crippen LogP contribution in [0.15, 0.2) is 6.07 Å². The van der Waals surface area contributed by atoms with Crippen molar-refractivity contribution in [2.75, 3.05) is 14.2 Å². The van der Waals surface area contributed by atoms with Crippen LogP contribution < -0.4 is 9.47 Å². The Labute approximate surface area is 69.2 Å². The number of nitrogens with one attached hydrogen (secondary N) is 1. The highest BCUT2D eigenvalue weighted by Crippen LogP contribution is 2.12. The van der Waals surface area contributed by atoms with Gasteiger partial charge >= 0.3 is 0 Å². The molecule has 0 aliphatic heterocycles. The minimum Gasteiger partial charge on any atom is -0.482 e. The Balaban J connectivity index is 3.12. The standard InChI is InChI=1S/C6H8N2O2S/c1-9-4-3-5(10-2)8-6(11)7-4/h3H,1-2H3,(H,7,8,11). The fraction of sp³-hybridized carbons (Fsp3) is 0.333. The molecule has 0 amide bonds. The highest BCUT2D eigenvalue weighted by Gasteiger charge is 1.96. The molecule has 0 aliphatic rings. The number of nitrogens with zero attached hydrogens (tertiary/aromatic N) is 1. The Morgan fingerprint density at radius 2 is 2.18 bits per heavy atom. The van der Waals surface area contributed by atoms with Crippen LogP contribution in [-0.2, 0) is 0 Å². The van der Waals surface area contributed by atoms with Crippen molar-refractivity contribution < 1.29 is 9.47 Å². The van der Waals surface area contributed by atoms with Crippen molar-refractivity contribution in [1.82, 2.24) is 9.97 Å². The predicted molar refractivity (Wildman–Crippen MR) is 42.5 cm³/mol. The van der Waals surface area contributed by atoms with Crippen molar-refractivity contribution in [2.24, 2.45) is 0 Å². The number of aromatic amines is 1.